The molecule has 0 aliphatic carbocycles. The Kier molecular flexibility index (Phi) is 28.0. The van der Waals surface area contributed by atoms with Gasteiger partial charge in [-0.05, 0) is 143 Å². The zero-order chi connectivity index (χ0) is 64.9. The summed E-state index contributed by atoms with van der Waals surface area (Å²) >= 11 is 0. The molecule has 3 aromatic rings. The van der Waals surface area contributed by atoms with E-state index in [4.69, 9.17) is 10.5 Å². The van der Waals surface area contributed by atoms with Crippen molar-refractivity contribution in [2.45, 2.75) is 158 Å². The van der Waals surface area contributed by atoms with Crippen LogP contribution in [0.25, 0.3) is 0 Å². The van der Waals surface area contributed by atoms with Crippen molar-refractivity contribution in [3.05, 3.63) is 102 Å². The maximum absolute atomic E-state index is 13.9. The first kappa shape index (κ1) is 72.6. The first-order valence-electron chi connectivity index (χ1n) is 29.1. The first-order valence-corrected chi connectivity index (χ1v) is 30.6. The van der Waals surface area contributed by atoms with E-state index in [2.05, 4.69) is 15.4 Å². The van der Waals surface area contributed by atoms with Crippen LogP contribution in [-0.2, 0) is 56.4 Å². The van der Waals surface area contributed by atoms with Gasteiger partial charge in [-0.1, -0.05) is 78.9 Å². The van der Waals surface area contributed by atoms with Gasteiger partial charge in [-0.3, -0.25) is 38.6 Å². The highest BCUT2D eigenvalue weighted by Gasteiger charge is 2.46. The average Bonchev–Trinajstić information content (AvgIpc) is 2.73. The molecular weight excluding hydrogens is 1170 g/mol. The van der Waals surface area contributed by atoms with Crippen molar-refractivity contribution < 1.29 is 73.1 Å². The summed E-state index contributed by atoms with van der Waals surface area (Å²) < 4.78 is 114. The van der Waals surface area contributed by atoms with E-state index in [1.807, 2.05) is 0 Å². The van der Waals surface area contributed by atoms with Gasteiger partial charge in [0.25, 0.3) is 0 Å². The van der Waals surface area contributed by atoms with E-state index in [1.54, 1.807) is 126 Å². The Hall–Kier alpha value is -6.84. The number of nitrogens with zero attached hydrogens (tertiary/aromatic N) is 6. The number of rotatable bonds is 27. The third-order valence-electron chi connectivity index (χ3n) is 15.0. The number of carbonyl (C=O) groups is 7. The molecule has 6 atom stereocenters. The molecule has 0 saturated carbocycles. The van der Waals surface area contributed by atoms with E-state index in [0.29, 0.717) is 32.1 Å². The van der Waals surface area contributed by atoms with Crippen LogP contribution < -0.4 is 21.1 Å². The number of ether oxygens (including phenoxy) is 1. The summed E-state index contributed by atoms with van der Waals surface area (Å²) in [6.45, 7) is 8.10. The van der Waals surface area contributed by atoms with Gasteiger partial charge in [0.05, 0.1) is 10.9 Å². The maximum atomic E-state index is 13.9. The Morgan fingerprint density at radius 3 is 1.43 bits per heavy atom. The number of alkyl halides is 6. The van der Waals surface area contributed by atoms with Crippen molar-refractivity contribution in [1.29, 1.82) is 0 Å². The number of carbonyl (C=O) groups excluding carboxylic acids is 7. The zero-order valence-corrected chi connectivity index (χ0v) is 51.7. The van der Waals surface area contributed by atoms with Crippen LogP contribution in [0.1, 0.15) is 97.1 Å². The molecule has 0 aromatic heterocycles. The largest absolute Gasteiger partial charge is 0.471 e. The first-order chi connectivity index (χ1) is 40.7. The quantitative estimate of drug-likeness (QED) is 0.0516. The molecule has 0 radical (unpaired) electrons. The number of nitrogens with two attached hydrogens (primary N) is 1. The number of hydrogen-bond donors (Lipinski definition) is 4. The zero-order valence-electron chi connectivity index (χ0n) is 50.9. The van der Waals surface area contributed by atoms with E-state index in [-0.39, 0.29) is 89.4 Å². The predicted octanol–water partition coefficient (Wildman–Crippen LogP) is 5.89. The summed E-state index contributed by atoms with van der Waals surface area (Å²) in [4.78, 5) is 98.0. The van der Waals surface area contributed by atoms with Crippen LogP contribution in [0.5, 0.6) is 0 Å². The molecule has 2 fully saturated rings. The van der Waals surface area contributed by atoms with Gasteiger partial charge in [0.1, 0.15) is 23.7 Å². The van der Waals surface area contributed by atoms with Crippen molar-refractivity contribution in [2.75, 3.05) is 73.5 Å². The van der Waals surface area contributed by atoms with Gasteiger partial charge in [0.15, 0.2) is 0 Å². The highest BCUT2D eigenvalue weighted by molar-refractivity contribution is 7.89. The van der Waals surface area contributed by atoms with Gasteiger partial charge < -0.3 is 40.7 Å². The fraction of sp³-hybridized carbons (Fsp3) is 0.583. The summed E-state index contributed by atoms with van der Waals surface area (Å²) in [5, 5.41) is 5.46. The molecule has 0 bridgehead atoms. The Morgan fingerprint density at radius 2 is 1.03 bits per heavy atom. The summed E-state index contributed by atoms with van der Waals surface area (Å²) in [7, 11) is 1.04. The minimum absolute atomic E-state index is 0.00309. The number of likely N-dealkylation sites (N-methyl/N-ethyl adjacent to an activating group) is 2. The Labute approximate surface area is 506 Å². The average molecular weight is 1250 g/mol. The molecule has 2 aliphatic heterocycles. The lowest BCUT2D eigenvalue weighted by Crippen LogP contribution is -2.56. The van der Waals surface area contributed by atoms with Crippen LogP contribution in [-0.4, -0.2) is 207 Å². The van der Waals surface area contributed by atoms with Gasteiger partial charge in [0, 0.05) is 64.9 Å². The van der Waals surface area contributed by atoms with E-state index < -0.39 is 106 Å². The number of halogens is 6. The molecule has 5 N–H and O–H groups in total. The summed E-state index contributed by atoms with van der Waals surface area (Å²) in [6, 6.07) is 20.6. The van der Waals surface area contributed by atoms with Crippen LogP contribution in [0, 0.1) is 0 Å². The van der Waals surface area contributed by atoms with E-state index >= 15 is 0 Å². The Balaban J connectivity index is 0.000000373. The molecule has 27 heteroatoms. The SMILES string of the molecule is C[C@@H](C(=O)N[C@@H](CCCN)C(=O)N1CCC[C@H]1CN(CCc1ccccc1)C(=O)C(F)(F)F)N(C)C(=O)OC(C)(C)C.C[C@@H](C(=O)N[C@@H](CCCNS(=O)(=O)c1ccccc1)C(=O)N1CCC[C@H]1CN(CCc1ccccc1)C(=O)C(F)(F)F)N(C)C. The lowest BCUT2D eigenvalue weighted by molar-refractivity contribution is -0.186. The van der Waals surface area contributed by atoms with Crippen LogP contribution >= 0.6 is 0 Å². The third-order valence-corrected chi connectivity index (χ3v) is 16.5. The number of nitrogens with one attached hydrogen (secondary N) is 3. The van der Waals surface area contributed by atoms with Gasteiger partial charge in [-0.15, -0.1) is 0 Å². The molecule has 7 amide bonds. The minimum Gasteiger partial charge on any atom is -0.444 e. The van der Waals surface area contributed by atoms with Crippen LogP contribution in [0.2, 0.25) is 0 Å². The lowest BCUT2D eigenvalue weighted by atomic mass is 10.1. The Morgan fingerprint density at radius 1 is 0.632 bits per heavy atom. The smallest absolute Gasteiger partial charge is 0.444 e. The molecule has 2 heterocycles. The molecule has 2 saturated heterocycles. The van der Waals surface area contributed by atoms with Crippen molar-refractivity contribution in [2.24, 2.45) is 5.73 Å². The molecule has 0 unspecified atom stereocenters. The monoisotopic (exact) mass is 1250 g/mol. The molecule has 0 spiro atoms. The highest BCUT2D eigenvalue weighted by Crippen LogP contribution is 2.27. The van der Waals surface area contributed by atoms with Crippen molar-refractivity contribution in [3.63, 3.8) is 0 Å². The topological polar surface area (TPSA) is 244 Å². The maximum Gasteiger partial charge on any atom is 0.471 e. The molecule has 484 valence electrons. The normalized spacial score (nSPS) is 16.8. The van der Waals surface area contributed by atoms with Gasteiger partial charge in [-0.2, -0.15) is 26.3 Å². The molecule has 20 nitrogen and oxygen atoms in total. The second-order valence-corrected chi connectivity index (χ2v) is 24.7. The molecule has 5 rings (SSSR count). The van der Waals surface area contributed by atoms with Crippen LogP contribution in [0.15, 0.2) is 95.9 Å². The predicted molar refractivity (Wildman–Crippen MR) is 315 cm³/mol. The number of likely N-dealkylation sites (tertiary alicyclic amines) is 2. The van der Waals surface area contributed by atoms with Crippen molar-refractivity contribution in [1.82, 2.24) is 44.8 Å². The molecule has 87 heavy (non-hydrogen) atoms. The lowest BCUT2D eigenvalue weighted by Gasteiger charge is -2.34. The second-order valence-electron chi connectivity index (χ2n) is 22.9. The number of hydrogen-bond acceptors (Lipinski definition) is 12. The van der Waals surface area contributed by atoms with E-state index in [0.717, 1.165) is 25.8 Å². The van der Waals surface area contributed by atoms with Gasteiger partial charge in [0.2, 0.25) is 33.7 Å². The number of amides is 7. The second kappa shape index (κ2) is 33.5. The van der Waals surface area contributed by atoms with Crippen molar-refractivity contribution in [3.8, 4) is 0 Å². The molecule has 3 aromatic carbocycles. The van der Waals surface area contributed by atoms with Crippen LogP contribution in [0.4, 0.5) is 31.1 Å². The number of benzene rings is 3. The molecule has 2 aliphatic rings. The van der Waals surface area contributed by atoms with Crippen LogP contribution in [0.3, 0.4) is 0 Å². The third kappa shape index (κ3) is 23.3. The van der Waals surface area contributed by atoms with Gasteiger partial charge >= 0.3 is 30.3 Å². The van der Waals surface area contributed by atoms with Gasteiger partial charge in [-0.25, -0.2) is 17.9 Å². The standard InChI is InChI=1S/C31H42F3N5O5S.C29H44F3N5O5/c1-23(37(2)3)28(40)36-27(17-10-19-35-45(43,44)26-15-8-5-9-16-26)29(41)39-20-11-14-25(39)22-38(30(42)31(32,33)34)21-18-24-12-6-4-7-13-24;1-20(35(5)27(41)42-28(2,3)4)24(38)34-23(14-9-16-33)25(39)37-17-10-13-22(37)19-36(26(40)29(30,31)32)18-15-21-11-7-6-8-12-21/h4-9,12-13,15-16,23,25,27,35H,10-11,14,17-22H2,1-3H3,(H,36,40);6-8,11-12,20,22-23H,9-10,13-19,33H2,1-5H3,(H,34,38)/t23-,25-,27-;20-,22-,23-/m00/s1. The summed E-state index contributed by atoms with van der Waals surface area (Å²) in [5.41, 5.74) is 6.45. The van der Waals surface area contributed by atoms with E-state index in [1.165, 1.54) is 35.9 Å². The Bertz CT molecular complexity index is 2820. The fourth-order valence-corrected chi connectivity index (χ4v) is 10.9. The van der Waals surface area contributed by atoms with E-state index in [9.17, 15) is 68.3 Å². The minimum atomic E-state index is -5.07. The summed E-state index contributed by atoms with van der Waals surface area (Å²) in [6.07, 6.45) is -7.64. The number of sulfonamides is 1. The summed E-state index contributed by atoms with van der Waals surface area (Å²) in [5.74, 6) is -5.88. The fourth-order valence-electron chi connectivity index (χ4n) is 9.79. The highest BCUT2D eigenvalue weighted by atomic mass is 32.2. The molecular formula is C60H86F6N10O10S. The van der Waals surface area contributed by atoms with Crippen molar-refractivity contribution >= 4 is 51.6 Å².